The Morgan fingerprint density at radius 3 is 2.59 bits per heavy atom. The van der Waals surface area contributed by atoms with Crippen LogP contribution in [0.4, 0.5) is 17.6 Å². The lowest BCUT2D eigenvalue weighted by molar-refractivity contribution is -0.139. The Bertz CT molecular complexity index is 1480. The Morgan fingerprint density at radius 2 is 1.82 bits per heavy atom. The molecule has 11 nitrogen and oxygen atoms in total. The molecule has 2 aliphatic heterocycles. The molecular weight excluding hydrogens is 496 g/mol. The fourth-order valence-corrected chi connectivity index (χ4v) is 5.28. The first-order chi connectivity index (χ1) is 19.1. The summed E-state index contributed by atoms with van der Waals surface area (Å²) < 4.78 is 7.36. The lowest BCUT2D eigenvalue weighted by Gasteiger charge is -2.36. The van der Waals surface area contributed by atoms with Crippen LogP contribution in [0.5, 0.6) is 0 Å². The van der Waals surface area contributed by atoms with Gasteiger partial charge >= 0.3 is 0 Å². The summed E-state index contributed by atoms with van der Waals surface area (Å²) in [5.41, 5.74) is 9.02. The van der Waals surface area contributed by atoms with Crippen LogP contribution in [0.3, 0.4) is 0 Å². The maximum atomic E-state index is 13.2. The van der Waals surface area contributed by atoms with Crippen LogP contribution in [-0.2, 0) is 9.53 Å². The summed E-state index contributed by atoms with van der Waals surface area (Å²) in [4.78, 5) is 43.5. The maximum absolute atomic E-state index is 13.2. The number of nitrogens with zero attached hydrogens (tertiary/aromatic N) is 6. The first kappa shape index (κ1) is 24.8. The zero-order chi connectivity index (χ0) is 26.8. The number of anilines is 3. The molecule has 6 rings (SSSR count). The molecule has 11 heteroatoms. The Hall–Kier alpha value is -4.51. The largest absolute Gasteiger partial charge is 0.382 e. The molecule has 2 amide bonds. The van der Waals surface area contributed by atoms with Gasteiger partial charge in [0.2, 0.25) is 11.9 Å². The number of piperidine rings is 1. The normalized spacial score (nSPS) is 17.8. The Balaban J connectivity index is 1.27. The highest BCUT2D eigenvalue weighted by molar-refractivity contribution is 6.04. The van der Waals surface area contributed by atoms with Gasteiger partial charge < -0.3 is 25.6 Å². The van der Waals surface area contributed by atoms with Gasteiger partial charge in [-0.05, 0) is 37.1 Å². The number of rotatable bonds is 5. The van der Waals surface area contributed by atoms with E-state index in [4.69, 9.17) is 15.5 Å². The van der Waals surface area contributed by atoms with E-state index in [0.29, 0.717) is 61.3 Å². The van der Waals surface area contributed by atoms with Crippen LogP contribution < -0.4 is 16.0 Å². The van der Waals surface area contributed by atoms with Gasteiger partial charge in [-0.25, -0.2) is 15.0 Å². The van der Waals surface area contributed by atoms with Gasteiger partial charge in [-0.15, -0.1) is 0 Å². The zero-order valence-corrected chi connectivity index (χ0v) is 21.5. The number of amides is 2. The molecule has 1 atom stereocenters. The number of hydrogen-bond donors (Lipinski definition) is 2. The zero-order valence-electron chi connectivity index (χ0n) is 21.5. The van der Waals surface area contributed by atoms with Gasteiger partial charge in [0, 0.05) is 55.9 Å². The monoisotopic (exact) mass is 526 g/mol. The molecule has 3 N–H and O–H groups in total. The standard InChI is InChI=1S/C28H30N8O3/c29-25-24-23(19-6-8-20(9-7-19)26(37)32-22-5-1-2-10-30-22)33-28(36(24)13-11-31-25)35-12-3-4-21(18-35)27(38)34-14-16-39-17-15-34/h1-2,5-11,13,21H,3-4,12,14-18H2,(H2,29,31)(H,30,32,37). The smallest absolute Gasteiger partial charge is 0.256 e. The Kier molecular flexibility index (Phi) is 6.80. The third kappa shape index (κ3) is 5.00. The number of benzene rings is 1. The average Bonchev–Trinajstić information content (AvgIpc) is 3.39. The fraction of sp³-hybridized carbons (Fsp3) is 0.321. The number of nitrogens with two attached hydrogens (primary N) is 1. The lowest BCUT2D eigenvalue weighted by Crippen LogP contribution is -2.48. The van der Waals surface area contributed by atoms with Crippen molar-refractivity contribution >= 4 is 34.9 Å². The van der Waals surface area contributed by atoms with Gasteiger partial charge in [0.15, 0.2) is 0 Å². The van der Waals surface area contributed by atoms with Crippen molar-refractivity contribution in [2.45, 2.75) is 12.8 Å². The molecule has 0 aliphatic carbocycles. The molecule has 39 heavy (non-hydrogen) atoms. The van der Waals surface area contributed by atoms with E-state index in [2.05, 4.69) is 20.2 Å². The van der Waals surface area contributed by atoms with E-state index in [1.807, 2.05) is 33.7 Å². The van der Waals surface area contributed by atoms with Crippen LogP contribution in [0.1, 0.15) is 23.2 Å². The number of nitrogen functional groups attached to an aromatic ring is 1. The van der Waals surface area contributed by atoms with Gasteiger partial charge in [-0.2, -0.15) is 0 Å². The van der Waals surface area contributed by atoms with E-state index >= 15 is 0 Å². The molecular formula is C28H30N8O3. The minimum absolute atomic E-state index is 0.0938. The number of morpholine rings is 1. The summed E-state index contributed by atoms with van der Waals surface area (Å²) in [5.74, 6) is 1.42. The number of ether oxygens (including phenoxy) is 1. The number of nitrogens with one attached hydrogen (secondary N) is 1. The number of carbonyl (C=O) groups is 2. The lowest BCUT2D eigenvalue weighted by atomic mass is 9.96. The van der Waals surface area contributed by atoms with Crippen molar-refractivity contribution in [3.63, 3.8) is 0 Å². The SMILES string of the molecule is Nc1nccn2c(N3CCCC(C(=O)N4CCOCC4)C3)nc(-c3ccc(C(=O)Nc4ccccn4)cc3)c12. The van der Waals surface area contributed by atoms with Crippen LogP contribution in [0.25, 0.3) is 16.8 Å². The maximum Gasteiger partial charge on any atom is 0.256 e. The molecule has 2 fully saturated rings. The molecule has 2 saturated heterocycles. The number of aromatic nitrogens is 4. The Labute approximate surface area is 225 Å². The van der Waals surface area contributed by atoms with Crippen LogP contribution in [0.15, 0.2) is 61.1 Å². The van der Waals surface area contributed by atoms with E-state index in [1.54, 1.807) is 36.7 Å². The third-order valence-electron chi connectivity index (χ3n) is 7.27. The van der Waals surface area contributed by atoms with Crippen molar-refractivity contribution in [1.82, 2.24) is 24.3 Å². The number of pyridine rings is 1. The molecule has 5 heterocycles. The molecule has 200 valence electrons. The topological polar surface area (TPSA) is 131 Å². The molecule has 0 spiro atoms. The van der Waals surface area contributed by atoms with Crippen LogP contribution in [-0.4, -0.2) is 75.5 Å². The number of imidazole rings is 1. The minimum Gasteiger partial charge on any atom is -0.382 e. The van der Waals surface area contributed by atoms with E-state index in [-0.39, 0.29) is 17.7 Å². The van der Waals surface area contributed by atoms with E-state index in [0.717, 1.165) is 30.9 Å². The predicted molar refractivity (Wildman–Crippen MR) is 147 cm³/mol. The van der Waals surface area contributed by atoms with Crippen molar-refractivity contribution < 1.29 is 14.3 Å². The van der Waals surface area contributed by atoms with E-state index in [9.17, 15) is 9.59 Å². The van der Waals surface area contributed by atoms with Crippen molar-refractivity contribution in [3.8, 4) is 11.3 Å². The van der Waals surface area contributed by atoms with Crippen LogP contribution in [0.2, 0.25) is 0 Å². The summed E-state index contributed by atoms with van der Waals surface area (Å²) in [6.07, 6.45) is 6.88. The van der Waals surface area contributed by atoms with Crippen molar-refractivity contribution in [2.75, 3.05) is 55.3 Å². The van der Waals surface area contributed by atoms with Crippen molar-refractivity contribution in [3.05, 3.63) is 66.6 Å². The van der Waals surface area contributed by atoms with Crippen molar-refractivity contribution in [1.29, 1.82) is 0 Å². The highest BCUT2D eigenvalue weighted by Crippen LogP contribution is 2.33. The molecule has 1 unspecified atom stereocenters. The molecule has 0 saturated carbocycles. The molecule has 2 aliphatic rings. The molecule has 0 radical (unpaired) electrons. The third-order valence-corrected chi connectivity index (χ3v) is 7.27. The number of fused-ring (bicyclic) bond motifs is 1. The molecule has 3 aromatic heterocycles. The fourth-order valence-electron chi connectivity index (χ4n) is 5.28. The molecule has 4 aromatic rings. The van der Waals surface area contributed by atoms with E-state index in [1.165, 1.54) is 0 Å². The highest BCUT2D eigenvalue weighted by Gasteiger charge is 2.32. The van der Waals surface area contributed by atoms with E-state index < -0.39 is 0 Å². The van der Waals surface area contributed by atoms with Crippen LogP contribution >= 0.6 is 0 Å². The summed E-state index contributed by atoms with van der Waals surface area (Å²) in [6.45, 7) is 3.84. The summed E-state index contributed by atoms with van der Waals surface area (Å²) in [6, 6.07) is 12.6. The second kappa shape index (κ2) is 10.7. The summed E-state index contributed by atoms with van der Waals surface area (Å²) in [7, 11) is 0. The summed E-state index contributed by atoms with van der Waals surface area (Å²) >= 11 is 0. The molecule has 1 aromatic carbocycles. The number of hydrogen-bond acceptors (Lipinski definition) is 8. The highest BCUT2D eigenvalue weighted by atomic mass is 16.5. The Morgan fingerprint density at radius 1 is 1.00 bits per heavy atom. The summed E-state index contributed by atoms with van der Waals surface area (Å²) in [5, 5.41) is 2.80. The predicted octanol–water partition coefficient (Wildman–Crippen LogP) is 2.70. The van der Waals surface area contributed by atoms with Gasteiger partial charge in [0.05, 0.1) is 19.1 Å². The van der Waals surface area contributed by atoms with Gasteiger partial charge in [-0.1, -0.05) is 18.2 Å². The quantitative estimate of drug-likeness (QED) is 0.406. The second-order valence-corrected chi connectivity index (χ2v) is 9.76. The van der Waals surface area contributed by atoms with Gasteiger partial charge in [-0.3, -0.25) is 14.0 Å². The average molecular weight is 527 g/mol. The molecule has 0 bridgehead atoms. The van der Waals surface area contributed by atoms with Gasteiger partial charge in [0.1, 0.15) is 22.8 Å². The first-order valence-electron chi connectivity index (χ1n) is 13.2. The minimum atomic E-state index is -0.249. The van der Waals surface area contributed by atoms with Crippen molar-refractivity contribution in [2.24, 2.45) is 5.92 Å². The second-order valence-electron chi connectivity index (χ2n) is 9.76. The number of carbonyl (C=O) groups excluding carboxylic acids is 2. The van der Waals surface area contributed by atoms with Gasteiger partial charge in [0.25, 0.3) is 5.91 Å². The first-order valence-corrected chi connectivity index (χ1v) is 13.2. The van der Waals surface area contributed by atoms with Crippen LogP contribution in [0, 0.1) is 5.92 Å².